The van der Waals surface area contributed by atoms with E-state index in [4.69, 9.17) is 5.73 Å². The van der Waals surface area contributed by atoms with Crippen LogP contribution in [0.5, 0.6) is 0 Å². The van der Waals surface area contributed by atoms with E-state index in [1.807, 2.05) is 13.8 Å². The van der Waals surface area contributed by atoms with Gasteiger partial charge in [0.1, 0.15) is 6.04 Å². The highest BCUT2D eigenvalue weighted by Gasteiger charge is 2.47. The maximum Gasteiger partial charge on any atom is 0.408 e. The fourth-order valence-corrected chi connectivity index (χ4v) is 3.17. The molecule has 1 aliphatic heterocycles. The normalized spacial score (nSPS) is 22.5. The Morgan fingerprint density at radius 3 is 2.52 bits per heavy atom. The highest BCUT2D eigenvalue weighted by atomic mass is 19.4. The zero-order valence-electron chi connectivity index (χ0n) is 13.7. The van der Waals surface area contributed by atoms with Crippen molar-refractivity contribution in [3.05, 3.63) is 17.0 Å². The average molecular weight is 332 g/mol. The van der Waals surface area contributed by atoms with Crippen LogP contribution in [0, 0.1) is 13.8 Å². The first-order valence-electron chi connectivity index (χ1n) is 7.72. The average Bonchev–Trinajstić information content (AvgIpc) is 2.68. The van der Waals surface area contributed by atoms with E-state index < -0.39 is 18.1 Å². The fourth-order valence-electron chi connectivity index (χ4n) is 3.17. The molecule has 2 N–H and O–H groups in total. The van der Waals surface area contributed by atoms with Crippen LogP contribution in [0.2, 0.25) is 0 Å². The quantitative estimate of drug-likeness (QED) is 0.919. The number of likely N-dealkylation sites (tertiary alicyclic amines) is 1. The zero-order chi connectivity index (χ0) is 17.4. The molecule has 2 rings (SSSR count). The molecule has 5 nitrogen and oxygen atoms in total. The lowest BCUT2D eigenvalue weighted by Crippen LogP contribution is -2.56. The molecule has 0 bridgehead atoms. The van der Waals surface area contributed by atoms with Gasteiger partial charge in [0.15, 0.2) is 0 Å². The number of alkyl halides is 3. The second-order valence-electron chi connectivity index (χ2n) is 6.21. The molecule has 2 unspecified atom stereocenters. The van der Waals surface area contributed by atoms with E-state index in [-0.39, 0.29) is 31.8 Å². The lowest BCUT2D eigenvalue weighted by molar-refractivity contribution is -0.196. The first-order chi connectivity index (χ1) is 10.6. The minimum atomic E-state index is -4.41. The van der Waals surface area contributed by atoms with Crippen LogP contribution in [0.3, 0.4) is 0 Å². The van der Waals surface area contributed by atoms with Crippen molar-refractivity contribution in [1.82, 2.24) is 14.7 Å². The van der Waals surface area contributed by atoms with Gasteiger partial charge in [0, 0.05) is 31.7 Å². The van der Waals surface area contributed by atoms with Crippen molar-refractivity contribution in [3.8, 4) is 0 Å². The topological polar surface area (TPSA) is 64.2 Å². The van der Waals surface area contributed by atoms with Crippen molar-refractivity contribution < 1.29 is 18.0 Å². The Labute approximate surface area is 133 Å². The number of rotatable bonds is 3. The first kappa shape index (κ1) is 17.8. The Morgan fingerprint density at radius 2 is 2.00 bits per heavy atom. The van der Waals surface area contributed by atoms with Crippen LogP contribution in [-0.2, 0) is 18.3 Å². The second-order valence-corrected chi connectivity index (χ2v) is 6.21. The third-order valence-electron chi connectivity index (χ3n) is 4.56. The summed E-state index contributed by atoms with van der Waals surface area (Å²) in [6, 6.07) is -2.11. The minimum absolute atomic E-state index is 0.0337. The van der Waals surface area contributed by atoms with Crippen LogP contribution < -0.4 is 5.73 Å². The summed E-state index contributed by atoms with van der Waals surface area (Å²) in [5, 5.41) is 4.26. The van der Waals surface area contributed by atoms with Crippen molar-refractivity contribution in [2.45, 2.75) is 57.8 Å². The molecule has 0 spiro atoms. The van der Waals surface area contributed by atoms with Gasteiger partial charge in [-0.25, -0.2) is 0 Å². The van der Waals surface area contributed by atoms with Crippen molar-refractivity contribution in [3.63, 3.8) is 0 Å². The molecule has 1 aromatic rings. The Balaban J connectivity index is 2.08. The predicted octanol–water partition coefficient (Wildman–Crippen LogP) is 1.85. The molecule has 0 radical (unpaired) electrons. The van der Waals surface area contributed by atoms with Gasteiger partial charge in [0.25, 0.3) is 0 Å². The molecule has 0 aromatic carbocycles. The third kappa shape index (κ3) is 3.85. The molecule has 1 fully saturated rings. The summed E-state index contributed by atoms with van der Waals surface area (Å²) in [5.74, 6) is -0.495. The van der Waals surface area contributed by atoms with E-state index >= 15 is 0 Å². The van der Waals surface area contributed by atoms with Crippen LogP contribution in [0.4, 0.5) is 13.2 Å². The van der Waals surface area contributed by atoms with Gasteiger partial charge in [-0.05, 0) is 38.7 Å². The maximum atomic E-state index is 13.1. The third-order valence-corrected chi connectivity index (χ3v) is 4.56. The van der Waals surface area contributed by atoms with Crippen LogP contribution in [0.1, 0.15) is 36.2 Å². The lowest BCUT2D eigenvalue weighted by atomic mass is 9.97. The summed E-state index contributed by atoms with van der Waals surface area (Å²) < 4.78 is 41.1. The number of amides is 1. The molecule has 1 aromatic heterocycles. The minimum Gasteiger partial charge on any atom is -0.329 e. The molecule has 2 atom stereocenters. The standard InChI is InChI=1S/C15H23F3N4O/c1-9-12(10(2)21(3)20-9)5-7-14(23)22-8-11(19)4-6-13(22)15(16,17)18/h11,13H,4-8,19H2,1-3H3. The Hall–Kier alpha value is -1.57. The number of hydrogen-bond donors (Lipinski definition) is 1. The number of carbonyl (C=O) groups is 1. The smallest absolute Gasteiger partial charge is 0.329 e. The molecular formula is C15H23F3N4O. The molecule has 2 heterocycles. The van der Waals surface area contributed by atoms with Crippen LogP contribution in [0.15, 0.2) is 0 Å². The Kier molecular flexibility index (Phi) is 5.03. The number of halogens is 3. The summed E-state index contributed by atoms with van der Waals surface area (Å²) in [6.07, 6.45) is -3.82. The Bertz CT molecular complexity index is 582. The summed E-state index contributed by atoms with van der Waals surface area (Å²) in [4.78, 5) is 13.3. The highest BCUT2D eigenvalue weighted by Crippen LogP contribution is 2.32. The second kappa shape index (κ2) is 6.51. The van der Waals surface area contributed by atoms with Crippen LogP contribution in [-0.4, -0.2) is 45.4 Å². The summed E-state index contributed by atoms with van der Waals surface area (Å²) in [6.45, 7) is 3.69. The number of aryl methyl sites for hydroxylation is 2. The molecule has 0 saturated carbocycles. The van der Waals surface area contributed by atoms with Gasteiger partial charge in [0.05, 0.1) is 5.69 Å². The van der Waals surface area contributed by atoms with E-state index in [9.17, 15) is 18.0 Å². The van der Waals surface area contributed by atoms with Gasteiger partial charge >= 0.3 is 6.18 Å². The van der Waals surface area contributed by atoms with E-state index in [1.165, 1.54) is 0 Å². The van der Waals surface area contributed by atoms with E-state index in [0.717, 1.165) is 21.9 Å². The number of nitrogens with zero attached hydrogens (tertiary/aromatic N) is 3. The summed E-state index contributed by atoms with van der Waals surface area (Å²) in [5.41, 5.74) is 8.41. The molecule has 8 heteroatoms. The molecule has 0 aliphatic carbocycles. The molecule has 1 amide bonds. The molecular weight excluding hydrogens is 309 g/mol. The highest BCUT2D eigenvalue weighted by molar-refractivity contribution is 5.77. The number of piperidine rings is 1. The number of hydrogen-bond acceptors (Lipinski definition) is 3. The monoisotopic (exact) mass is 332 g/mol. The van der Waals surface area contributed by atoms with Crippen molar-refractivity contribution in [1.29, 1.82) is 0 Å². The van der Waals surface area contributed by atoms with Crippen LogP contribution >= 0.6 is 0 Å². The van der Waals surface area contributed by atoms with E-state index in [0.29, 0.717) is 6.42 Å². The number of nitrogens with two attached hydrogens (primary N) is 1. The molecule has 23 heavy (non-hydrogen) atoms. The SMILES string of the molecule is Cc1nn(C)c(C)c1CCC(=O)N1CC(N)CCC1C(F)(F)F. The lowest BCUT2D eigenvalue weighted by Gasteiger charge is -2.39. The largest absolute Gasteiger partial charge is 0.408 e. The van der Waals surface area contributed by atoms with Gasteiger partial charge in [-0.2, -0.15) is 18.3 Å². The number of carbonyl (C=O) groups excluding carboxylic acids is 1. The van der Waals surface area contributed by atoms with Gasteiger partial charge in [-0.15, -0.1) is 0 Å². The fraction of sp³-hybridized carbons (Fsp3) is 0.733. The van der Waals surface area contributed by atoms with E-state index in [2.05, 4.69) is 5.10 Å². The summed E-state index contributed by atoms with van der Waals surface area (Å²) in [7, 11) is 1.80. The van der Waals surface area contributed by atoms with E-state index in [1.54, 1.807) is 11.7 Å². The van der Waals surface area contributed by atoms with Gasteiger partial charge in [-0.3, -0.25) is 9.48 Å². The van der Waals surface area contributed by atoms with Crippen molar-refractivity contribution >= 4 is 5.91 Å². The van der Waals surface area contributed by atoms with Crippen molar-refractivity contribution in [2.24, 2.45) is 12.8 Å². The maximum absolute atomic E-state index is 13.1. The first-order valence-corrected chi connectivity index (χ1v) is 7.72. The molecule has 130 valence electrons. The number of aromatic nitrogens is 2. The van der Waals surface area contributed by atoms with Gasteiger partial charge in [-0.1, -0.05) is 0 Å². The molecule has 1 saturated heterocycles. The van der Waals surface area contributed by atoms with Crippen LogP contribution in [0.25, 0.3) is 0 Å². The zero-order valence-corrected chi connectivity index (χ0v) is 13.7. The Morgan fingerprint density at radius 1 is 1.35 bits per heavy atom. The molecule has 1 aliphatic rings. The van der Waals surface area contributed by atoms with Crippen molar-refractivity contribution in [2.75, 3.05) is 6.54 Å². The predicted molar refractivity (Wildman–Crippen MR) is 79.8 cm³/mol. The van der Waals surface area contributed by atoms with Gasteiger partial charge < -0.3 is 10.6 Å². The summed E-state index contributed by atoms with van der Waals surface area (Å²) >= 11 is 0. The van der Waals surface area contributed by atoms with Gasteiger partial charge in [0.2, 0.25) is 5.91 Å².